The lowest BCUT2D eigenvalue weighted by atomic mass is 10.2. The van der Waals surface area contributed by atoms with Crippen molar-refractivity contribution >= 4 is 55.0 Å². The van der Waals surface area contributed by atoms with Crippen molar-refractivity contribution in [3.63, 3.8) is 0 Å². The molecule has 2 aromatic carbocycles. The van der Waals surface area contributed by atoms with E-state index in [0.29, 0.717) is 21.7 Å². The summed E-state index contributed by atoms with van der Waals surface area (Å²) in [6.45, 7) is 0. The monoisotopic (exact) mass is 477 g/mol. The van der Waals surface area contributed by atoms with Crippen LogP contribution in [0.1, 0.15) is 0 Å². The first-order chi connectivity index (χ1) is 15.8. The molecule has 0 saturated heterocycles. The summed E-state index contributed by atoms with van der Waals surface area (Å²) in [5.41, 5.74) is 1.15. The van der Waals surface area contributed by atoms with Gasteiger partial charge in [-0.25, -0.2) is 13.4 Å². The van der Waals surface area contributed by atoms with Crippen molar-refractivity contribution < 1.29 is 8.42 Å². The molecule has 0 saturated carbocycles. The van der Waals surface area contributed by atoms with Gasteiger partial charge in [0.15, 0.2) is 0 Å². The molecule has 3 heterocycles. The summed E-state index contributed by atoms with van der Waals surface area (Å²) >= 11 is 5.86. The van der Waals surface area contributed by atoms with Gasteiger partial charge in [-0.05, 0) is 42.5 Å². The molecule has 5 rings (SSSR count). The number of para-hydroxylation sites is 1. The number of hydrogen-bond acceptors (Lipinski definition) is 7. The van der Waals surface area contributed by atoms with Crippen LogP contribution in [-0.2, 0) is 16.9 Å². The van der Waals surface area contributed by atoms with E-state index in [2.05, 4.69) is 20.3 Å². The Morgan fingerprint density at radius 3 is 2.48 bits per heavy atom. The number of fused-ring (bicyclic) bond motifs is 2. The second kappa shape index (κ2) is 7.95. The Bertz CT molecular complexity index is 1700. The van der Waals surface area contributed by atoms with Crippen molar-refractivity contribution in [1.29, 1.82) is 0 Å². The van der Waals surface area contributed by atoms with Crippen LogP contribution in [0.15, 0.2) is 87.6 Å². The highest BCUT2D eigenvalue weighted by Crippen LogP contribution is 2.24. The predicted molar refractivity (Wildman–Crippen MR) is 127 cm³/mol. The van der Waals surface area contributed by atoms with Crippen molar-refractivity contribution in [2.24, 2.45) is 7.05 Å². The standard InChI is InChI=1S/C23H16ClN5O3S/c1-29-21-15(11-20(22(29)30)33(31,32)18-8-6-16(24)7-9-18)12-26-23(28-21)27-17-10-14-4-2-3-5-19(14)25-13-17/h2-13H,1H3,(H,26,27,28). The van der Waals surface area contributed by atoms with E-state index in [-0.39, 0.29) is 15.7 Å². The van der Waals surface area contributed by atoms with Crippen LogP contribution in [-0.4, -0.2) is 27.9 Å². The number of nitrogens with one attached hydrogen (secondary N) is 1. The van der Waals surface area contributed by atoms with E-state index in [1.54, 1.807) is 6.20 Å². The van der Waals surface area contributed by atoms with Crippen LogP contribution in [0.3, 0.4) is 0 Å². The summed E-state index contributed by atoms with van der Waals surface area (Å²) < 4.78 is 27.3. The third-order valence-electron chi connectivity index (χ3n) is 5.18. The van der Waals surface area contributed by atoms with Gasteiger partial charge < -0.3 is 5.32 Å². The van der Waals surface area contributed by atoms with Crippen LogP contribution < -0.4 is 10.9 Å². The van der Waals surface area contributed by atoms with E-state index >= 15 is 0 Å². The molecule has 1 N–H and O–H groups in total. The summed E-state index contributed by atoms with van der Waals surface area (Å²) in [4.78, 5) is 25.7. The maximum absolute atomic E-state index is 13.1. The molecule has 0 atom stereocenters. The minimum absolute atomic E-state index is 0.0219. The number of nitrogens with zero attached hydrogens (tertiary/aromatic N) is 4. The molecular weight excluding hydrogens is 462 g/mol. The molecule has 8 nitrogen and oxygen atoms in total. The third-order valence-corrected chi connectivity index (χ3v) is 7.19. The quantitative estimate of drug-likeness (QED) is 0.415. The number of rotatable bonds is 4. The van der Waals surface area contributed by atoms with E-state index < -0.39 is 15.4 Å². The molecule has 164 valence electrons. The fourth-order valence-electron chi connectivity index (χ4n) is 3.48. The van der Waals surface area contributed by atoms with E-state index in [4.69, 9.17) is 11.6 Å². The van der Waals surface area contributed by atoms with Crippen molar-refractivity contribution in [1.82, 2.24) is 19.5 Å². The van der Waals surface area contributed by atoms with E-state index in [9.17, 15) is 13.2 Å². The lowest BCUT2D eigenvalue weighted by Gasteiger charge is -2.11. The molecular formula is C23H16ClN5O3S. The number of aryl methyl sites for hydroxylation is 1. The Balaban J connectivity index is 1.56. The van der Waals surface area contributed by atoms with Gasteiger partial charge in [0, 0.05) is 29.0 Å². The molecule has 0 aliphatic rings. The number of sulfone groups is 1. The zero-order valence-electron chi connectivity index (χ0n) is 17.2. The van der Waals surface area contributed by atoms with Gasteiger partial charge in [-0.2, -0.15) is 4.98 Å². The minimum Gasteiger partial charge on any atom is -0.323 e. The topological polar surface area (TPSA) is 107 Å². The van der Waals surface area contributed by atoms with E-state index in [1.165, 1.54) is 48.1 Å². The van der Waals surface area contributed by atoms with Gasteiger partial charge in [-0.15, -0.1) is 0 Å². The summed E-state index contributed by atoms with van der Waals surface area (Å²) in [6.07, 6.45) is 3.14. The number of hydrogen-bond donors (Lipinski definition) is 1. The largest absolute Gasteiger partial charge is 0.323 e. The van der Waals surface area contributed by atoms with Crippen LogP contribution in [0.5, 0.6) is 0 Å². The molecule has 33 heavy (non-hydrogen) atoms. The Kier molecular flexibility index (Phi) is 5.07. The van der Waals surface area contributed by atoms with Gasteiger partial charge in [0.2, 0.25) is 15.8 Å². The predicted octanol–water partition coefficient (Wildman–Crippen LogP) is 4.11. The first kappa shape index (κ1) is 21.0. The maximum atomic E-state index is 13.1. The second-order valence-corrected chi connectivity index (χ2v) is 9.70. The molecule has 10 heteroatoms. The molecule has 0 aliphatic heterocycles. The lowest BCUT2D eigenvalue weighted by molar-refractivity contribution is 0.593. The van der Waals surface area contributed by atoms with Crippen molar-refractivity contribution in [2.75, 3.05) is 5.32 Å². The highest BCUT2D eigenvalue weighted by molar-refractivity contribution is 7.91. The minimum atomic E-state index is -4.05. The molecule has 0 radical (unpaired) electrons. The molecule has 5 aromatic rings. The molecule has 3 aromatic heterocycles. The summed E-state index contributed by atoms with van der Waals surface area (Å²) in [5, 5.41) is 4.84. The average molecular weight is 478 g/mol. The maximum Gasteiger partial charge on any atom is 0.271 e. The number of anilines is 2. The van der Waals surface area contributed by atoms with E-state index in [1.807, 2.05) is 30.3 Å². The van der Waals surface area contributed by atoms with Crippen LogP contribution in [0.25, 0.3) is 21.9 Å². The van der Waals surface area contributed by atoms with Crippen LogP contribution in [0.2, 0.25) is 5.02 Å². The van der Waals surface area contributed by atoms with Crippen molar-refractivity contribution in [3.8, 4) is 0 Å². The summed E-state index contributed by atoms with van der Waals surface area (Å²) in [5.74, 6) is 0.253. The van der Waals surface area contributed by atoms with Gasteiger partial charge in [0.25, 0.3) is 5.56 Å². The fraction of sp³-hybridized carbons (Fsp3) is 0.0435. The highest BCUT2D eigenvalue weighted by Gasteiger charge is 2.24. The number of aromatic nitrogens is 4. The van der Waals surface area contributed by atoms with Gasteiger partial charge >= 0.3 is 0 Å². The molecule has 0 unspecified atom stereocenters. The zero-order chi connectivity index (χ0) is 23.2. The SMILES string of the molecule is Cn1c(=O)c(S(=O)(=O)c2ccc(Cl)cc2)cc2cnc(Nc3cnc4ccccc4c3)nc21. The van der Waals surface area contributed by atoms with Crippen molar-refractivity contribution in [3.05, 3.63) is 88.4 Å². The smallest absolute Gasteiger partial charge is 0.271 e. The molecule has 0 spiro atoms. The van der Waals surface area contributed by atoms with Crippen LogP contribution >= 0.6 is 11.6 Å². The van der Waals surface area contributed by atoms with Crippen molar-refractivity contribution in [2.45, 2.75) is 9.79 Å². The first-order valence-electron chi connectivity index (χ1n) is 9.82. The normalized spacial score (nSPS) is 11.7. The van der Waals surface area contributed by atoms with Crippen LogP contribution in [0, 0.1) is 0 Å². The lowest BCUT2D eigenvalue weighted by Crippen LogP contribution is -2.25. The van der Waals surface area contributed by atoms with Gasteiger partial charge in [0.05, 0.1) is 22.3 Å². The molecule has 0 amide bonds. The van der Waals surface area contributed by atoms with Gasteiger partial charge in [-0.3, -0.25) is 14.3 Å². The summed E-state index contributed by atoms with van der Waals surface area (Å²) in [7, 11) is -2.58. The highest BCUT2D eigenvalue weighted by atomic mass is 35.5. The second-order valence-electron chi connectivity index (χ2n) is 7.34. The summed E-state index contributed by atoms with van der Waals surface area (Å²) in [6, 6.07) is 16.6. The number of pyridine rings is 2. The fourth-order valence-corrected chi connectivity index (χ4v) is 5.00. The van der Waals surface area contributed by atoms with E-state index in [0.717, 1.165) is 10.9 Å². The number of benzene rings is 2. The average Bonchev–Trinajstić information content (AvgIpc) is 2.82. The molecule has 0 aliphatic carbocycles. The molecule has 0 fully saturated rings. The Morgan fingerprint density at radius 2 is 1.70 bits per heavy atom. The Labute approximate surface area is 193 Å². The Morgan fingerprint density at radius 1 is 0.939 bits per heavy atom. The third kappa shape index (κ3) is 3.81. The number of halogens is 1. The Hall–Kier alpha value is -3.82. The van der Waals surface area contributed by atoms with Crippen LogP contribution in [0.4, 0.5) is 11.6 Å². The zero-order valence-corrected chi connectivity index (χ0v) is 18.8. The first-order valence-corrected chi connectivity index (χ1v) is 11.7. The molecule has 0 bridgehead atoms. The van der Waals surface area contributed by atoms with Gasteiger partial charge in [-0.1, -0.05) is 29.8 Å². The van der Waals surface area contributed by atoms with Gasteiger partial charge in [0.1, 0.15) is 10.5 Å².